The van der Waals surface area contributed by atoms with E-state index >= 15 is 0 Å². The Morgan fingerprint density at radius 1 is 1.20 bits per heavy atom. The monoisotopic (exact) mass is 371 g/mol. The smallest absolute Gasteiger partial charge is 0.417 e. The van der Waals surface area contributed by atoms with Gasteiger partial charge in [-0.25, -0.2) is 4.98 Å². The summed E-state index contributed by atoms with van der Waals surface area (Å²) in [6, 6.07) is 10.4. The number of carbonyl (C=O) groups is 1. The van der Waals surface area contributed by atoms with E-state index in [1.807, 2.05) is 30.3 Å². The number of ether oxygens (including phenoxy) is 2. The van der Waals surface area contributed by atoms with Crippen LogP contribution in [0.4, 0.5) is 13.2 Å². The second-order valence-corrected chi connectivity index (χ2v) is 6.00. The molecule has 134 valence electrons. The van der Waals surface area contributed by atoms with Crippen LogP contribution >= 0.6 is 11.8 Å². The Labute approximate surface area is 147 Å². The van der Waals surface area contributed by atoms with Crippen molar-refractivity contribution in [2.24, 2.45) is 0 Å². The fraction of sp³-hybridized carbons (Fsp3) is 0.294. The largest absolute Gasteiger partial charge is 0.473 e. The van der Waals surface area contributed by atoms with Gasteiger partial charge in [0, 0.05) is 18.9 Å². The highest BCUT2D eigenvalue weighted by atomic mass is 32.2. The lowest BCUT2D eigenvalue weighted by molar-refractivity contribution is -0.142. The molecule has 0 aliphatic heterocycles. The van der Waals surface area contributed by atoms with Gasteiger partial charge in [-0.15, -0.1) is 11.8 Å². The first-order chi connectivity index (χ1) is 11.9. The third kappa shape index (κ3) is 6.30. The molecule has 0 N–H and O–H groups in total. The molecule has 0 aliphatic carbocycles. The van der Waals surface area contributed by atoms with Gasteiger partial charge in [0.1, 0.15) is 13.2 Å². The topological polar surface area (TPSA) is 48.4 Å². The number of rotatable bonds is 7. The summed E-state index contributed by atoms with van der Waals surface area (Å²) in [5, 5.41) is 0. The van der Waals surface area contributed by atoms with Crippen molar-refractivity contribution in [1.82, 2.24) is 4.98 Å². The van der Waals surface area contributed by atoms with Gasteiger partial charge in [0.15, 0.2) is 0 Å². The summed E-state index contributed by atoms with van der Waals surface area (Å²) in [7, 11) is 0. The summed E-state index contributed by atoms with van der Waals surface area (Å²) in [6.07, 6.45) is -3.75. The van der Waals surface area contributed by atoms with Gasteiger partial charge in [0.05, 0.1) is 10.5 Å². The number of hydrogen-bond acceptors (Lipinski definition) is 5. The maximum Gasteiger partial charge on any atom is 0.417 e. The molecule has 2 rings (SSSR count). The van der Waals surface area contributed by atoms with E-state index < -0.39 is 17.7 Å². The number of alkyl halides is 3. The van der Waals surface area contributed by atoms with Crippen LogP contribution in [0.25, 0.3) is 0 Å². The maximum absolute atomic E-state index is 12.9. The molecule has 1 aromatic heterocycles. The summed E-state index contributed by atoms with van der Waals surface area (Å²) in [5.74, 6) is 0.105. The molecule has 0 aliphatic rings. The molecule has 0 amide bonds. The predicted molar refractivity (Wildman–Crippen MR) is 87.4 cm³/mol. The molecular formula is C17H16F3NO3S. The third-order valence-corrected chi connectivity index (χ3v) is 4.09. The molecule has 0 saturated heterocycles. The van der Waals surface area contributed by atoms with Crippen molar-refractivity contribution in [3.8, 4) is 5.88 Å². The number of esters is 1. The summed E-state index contributed by atoms with van der Waals surface area (Å²) < 4.78 is 48.8. The fourth-order valence-electron chi connectivity index (χ4n) is 1.86. The van der Waals surface area contributed by atoms with E-state index in [1.54, 1.807) is 0 Å². The highest BCUT2D eigenvalue weighted by molar-refractivity contribution is 7.98. The zero-order valence-corrected chi connectivity index (χ0v) is 14.2. The average molecular weight is 371 g/mol. The first-order valence-corrected chi connectivity index (χ1v) is 8.35. The average Bonchev–Trinajstić information content (AvgIpc) is 2.57. The molecule has 1 heterocycles. The van der Waals surface area contributed by atoms with Gasteiger partial charge >= 0.3 is 12.1 Å². The van der Waals surface area contributed by atoms with E-state index in [-0.39, 0.29) is 24.0 Å². The summed E-state index contributed by atoms with van der Waals surface area (Å²) in [5.41, 5.74) is 0.131. The van der Waals surface area contributed by atoms with Crippen molar-refractivity contribution in [1.29, 1.82) is 0 Å². The lowest BCUT2D eigenvalue weighted by Crippen LogP contribution is -2.12. The van der Waals surface area contributed by atoms with Gasteiger partial charge in [-0.3, -0.25) is 4.79 Å². The molecule has 2 aromatic rings. The normalized spacial score (nSPS) is 11.2. The molecule has 0 fully saturated rings. The van der Waals surface area contributed by atoms with Gasteiger partial charge in [-0.05, 0) is 11.6 Å². The van der Waals surface area contributed by atoms with Crippen molar-refractivity contribution in [3.63, 3.8) is 0 Å². The maximum atomic E-state index is 12.9. The van der Waals surface area contributed by atoms with Crippen LogP contribution in [0.3, 0.4) is 0 Å². The Hall–Kier alpha value is -2.22. The molecule has 0 unspecified atom stereocenters. The zero-order chi connectivity index (χ0) is 18.3. The van der Waals surface area contributed by atoms with Gasteiger partial charge in [-0.1, -0.05) is 30.3 Å². The molecule has 1 aromatic carbocycles. The molecule has 0 radical (unpaired) electrons. The summed E-state index contributed by atoms with van der Waals surface area (Å²) in [4.78, 5) is 14.8. The zero-order valence-electron chi connectivity index (χ0n) is 13.4. The van der Waals surface area contributed by atoms with E-state index in [2.05, 4.69) is 4.98 Å². The highest BCUT2D eigenvalue weighted by Gasteiger charge is 2.32. The second kappa shape index (κ2) is 8.75. The molecule has 0 spiro atoms. The SMILES string of the molecule is CC(=O)OCCOc1ncc(C(F)(F)F)cc1SCc1ccccc1. The van der Waals surface area contributed by atoms with E-state index in [0.717, 1.165) is 17.8 Å². The third-order valence-electron chi connectivity index (χ3n) is 3.01. The van der Waals surface area contributed by atoms with Crippen LogP contribution in [0.5, 0.6) is 5.88 Å². The number of benzene rings is 1. The number of aromatic nitrogens is 1. The van der Waals surface area contributed by atoms with Gasteiger partial charge in [-0.2, -0.15) is 13.2 Å². The lowest BCUT2D eigenvalue weighted by atomic mass is 10.2. The van der Waals surface area contributed by atoms with Crippen molar-refractivity contribution in [2.75, 3.05) is 13.2 Å². The molecular weight excluding hydrogens is 355 g/mol. The first-order valence-electron chi connectivity index (χ1n) is 7.36. The van der Waals surface area contributed by atoms with Gasteiger partial charge in [0.25, 0.3) is 0 Å². The van der Waals surface area contributed by atoms with Crippen molar-refractivity contribution >= 4 is 17.7 Å². The number of nitrogens with zero attached hydrogens (tertiary/aromatic N) is 1. The summed E-state index contributed by atoms with van der Waals surface area (Å²) in [6.45, 7) is 1.27. The van der Waals surface area contributed by atoms with Crippen molar-refractivity contribution < 1.29 is 27.4 Å². The molecule has 0 saturated carbocycles. The Bertz CT molecular complexity index is 708. The predicted octanol–water partition coefficient (Wildman–Crippen LogP) is 4.33. The first kappa shape index (κ1) is 19.1. The van der Waals surface area contributed by atoms with Crippen LogP contribution in [0.15, 0.2) is 47.5 Å². The van der Waals surface area contributed by atoms with Crippen LogP contribution < -0.4 is 4.74 Å². The molecule has 25 heavy (non-hydrogen) atoms. The molecule has 0 atom stereocenters. The number of hydrogen-bond donors (Lipinski definition) is 0. The number of halogens is 3. The number of pyridine rings is 1. The molecule has 8 heteroatoms. The van der Waals surface area contributed by atoms with E-state index in [0.29, 0.717) is 5.75 Å². The van der Waals surface area contributed by atoms with Crippen molar-refractivity contribution in [2.45, 2.75) is 23.7 Å². The second-order valence-electron chi connectivity index (χ2n) is 4.99. The standard InChI is InChI=1S/C17H16F3NO3S/c1-12(22)23-7-8-24-16-15(9-14(10-21-16)17(18,19)20)25-11-13-5-3-2-4-6-13/h2-6,9-10H,7-8,11H2,1H3. The minimum absolute atomic E-state index is 0.000821. The van der Waals surface area contributed by atoms with Gasteiger partial charge < -0.3 is 9.47 Å². The Kier molecular flexibility index (Phi) is 6.69. The van der Waals surface area contributed by atoms with Crippen LogP contribution in [0, 0.1) is 0 Å². The number of carbonyl (C=O) groups excluding carboxylic acids is 1. The molecule has 0 bridgehead atoms. The van der Waals surface area contributed by atoms with Crippen LogP contribution in [0.2, 0.25) is 0 Å². The van der Waals surface area contributed by atoms with E-state index in [4.69, 9.17) is 9.47 Å². The Morgan fingerprint density at radius 2 is 1.92 bits per heavy atom. The number of thioether (sulfide) groups is 1. The highest BCUT2D eigenvalue weighted by Crippen LogP contribution is 2.36. The van der Waals surface area contributed by atoms with Crippen LogP contribution in [-0.4, -0.2) is 24.2 Å². The lowest BCUT2D eigenvalue weighted by Gasteiger charge is -2.13. The van der Waals surface area contributed by atoms with Crippen molar-refractivity contribution in [3.05, 3.63) is 53.7 Å². The minimum Gasteiger partial charge on any atom is -0.473 e. The van der Waals surface area contributed by atoms with E-state index in [1.165, 1.54) is 18.7 Å². The van der Waals surface area contributed by atoms with Crippen LogP contribution in [-0.2, 0) is 21.5 Å². The van der Waals surface area contributed by atoms with E-state index in [9.17, 15) is 18.0 Å². The Morgan fingerprint density at radius 3 is 2.56 bits per heavy atom. The van der Waals surface area contributed by atoms with Gasteiger partial charge in [0.2, 0.25) is 5.88 Å². The fourth-order valence-corrected chi connectivity index (χ4v) is 2.82. The summed E-state index contributed by atoms with van der Waals surface area (Å²) >= 11 is 1.20. The molecule has 4 nitrogen and oxygen atoms in total. The van der Waals surface area contributed by atoms with Crippen LogP contribution in [0.1, 0.15) is 18.1 Å². The Balaban J connectivity index is 2.11. The minimum atomic E-state index is -4.48. The quantitative estimate of drug-likeness (QED) is 0.412.